The van der Waals surface area contributed by atoms with Gasteiger partial charge in [-0.1, -0.05) is 32.4 Å². The van der Waals surface area contributed by atoms with Gasteiger partial charge in [-0.25, -0.2) is 0 Å². The van der Waals surface area contributed by atoms with E-state index in [2.05, 4.69) is 13.8 Å². The van der Waals surface area contributed by atoms with Crippen molar-refractivity contribution in [2.45, 2.75) is 27.2 Å². The quantitative estimate of drug-likeness (QED) is 0.718. The normalized spacial score (nSPS) is 12.0. The van der Waals surface area contributed by atoms with Gasteiger partial charge in [0.05, 0.1) is 24.7 Å². The Kier molecular flexibility index (Phi) is 8.03. The molecule has 1 aromatic carbocycles. The Bertz CT molecular complexity index is 618. The van der Waals surface area contributed by atoms with Gasteiger partial charge in [-0.2, -0.15) is 0 Å². The van der Waals surface area contributed by atoms with E-state index in [-0.39, 0.29) is 17.5 Å². The van der Waals surface area contributed by atoms with Crippen LogP contribution in [0.4, 0.5) is 0 Å². The van der Waals surface area contributed by atoms with Crippen LogP contribution >= 0.6 is 11.6 Å². The molecule has 6 nitrogen and oxygen atoms in total. The Hall–Kier alpha value is -1.95. The summed E-state index contributed by atoms with van der Waals surface area (Å²) in [6.07, 6.45) is 0.871. The van der Waals surface area contributed by atoms with Crippen molar-refractivity contribution in [1.82, 2.24) is 4.90 Å². The molecule has 0 radical (unpaired) electrons. The molecule has 1 unspecified atom stereocenters. The lowest BCUT2D eigenvalue weighted by atomic mass is 10.1. The number of nitrogens with zero attached hydrogens (tertiary/aromatic N) is 1. The van der Waals surface area contributed by atoms with Gasteiger partial charge in [-0.05, 0) is 24.5 Å². The summed E-state index contributed by atoms with van der Waals surface area (Å²) >= 11 is 6.26. The van der Waals surface area contributed by atoms with Crippen molar-refractivity contribution in [2.75, 3.05) is 27.3 Å². The van der Waals surface area contributed by atoms with Gasteiger partial charge < -0.3 is 19.5 Å². The molecule has 25 heavy (non-hydrogen) atoms. The maximum Gasteiger partial charge on any atom is 0.308 e. The summed E-state index contributed by atoms with van der Waals surface area (Å²) in [5, 5.41) is 9.26. The fourth-order valence-electron chi connectivity index (χ4n) is 2.17. The molecule has 1 aromatic rings. The molecule has 0 saturated carbocycles. The highest BCUT2D eigenvalue weighted by atomic mass is 35.5. The first-order valence-electron chi connectivity index (χ1n) is 8.15. The molecule has 0 bridgehead atoms. The van der Waals surface area contributed by atoms with E-state index in [9.17, 15) is 9.59 Å². The molecule has 0 spiro atoms. The molecule has 0 aliphatic rings. The van der Waals surface area contributed by atoms with E-state index in [1.165, 1.54) is 18.1 Å². The van der Waals surface area contributed by atoms with Crippen LogP contribution in [0.1, 0.15) is 37.6 Å². The van der Waals surface area contributed by atoms with E-state index in [1.54, 1.807) is 20.0 Å². The summed E-state index contributed by atoms with van der Waals surface area (Å²) in [5.74, 6) is -0.672. The zero-order chi connectivity index (χ0) is 19.1. The third-order valence-electron chi connectivity index (χ3n) is 3.73. The summed E-state index contributed by atoms with van der Waals surface area (Å²) in [6.45, 7) is 6.33. The number of methoxy groups -OCH3 is 1. The standard InChI is InChI=1S/C18H26ClNO5/c1-11(2)6-7-25-16-14(19)8-13(9-15(16)24-5)17(21)20(4)10-12(3)18(22)23/h8-9,11-12H,6-7,10H2,1-5H3,(H,22,23). The number of benzene rings is 1. The molecular formula is C18H26ClNO5. The Morgan fingerprint density at radius 3 is 2.44 bits per heavy atom. The number of rotatable bonds is 9. The first-order chi connectivity index (χ1) is 11.7. The minimum atomic E-state index is -0.954. The van der Waals surface area contributed by atoms with Crippen molar-refractivity contribution in [3.8, 4) is 11.5 Å². The van der Waals surface area contributed by atoms with Crippen LogP contribution < -0.4 is 9.47 Å². The average molecular weight is 372 g/mol. The van der Waals surface area contributed by atoms with Gasteiger partial charge in [-0.15, -0.1) is 0 Å². The summed E-state index contributed by atoms with van der Waals surface area (Å²) < 4.78 is 11.0. The van der Waals surface area contributed by atoms with E-state index in [0.29, 0.717) is 29.6 Å². The topological polar surface area (TPSA) is 76.1 Å². The van der Waals surface area contributed by atoms with E-state index in [1.807, 2.05) is 0 Å². The molecule has 0 aromatic heterocycles. The third-order valence-corrected chi connectivity index (χ3v) is 4.01. The van der Waals surface area contributed by atoms with Gasteiger partial charge >= 0.3 is 5.97 Å². The van der Waals surface area contributed by atoms with E-state index >= 15 is 0 Å². The Balaban J connectivity index is 2.96. The molecule has 0 aliphatic carbocycles. The van der Waals surface area contributed by atoms with Crippen LogP contribution in [0, 0.1) is 11.8 Å². The lowest BCUT2D eigenvalue weighted by molar-refractivity contribution is -0.141. The third kappa shape index (κ3) is 6.12. The minimum Gasteiger partial charge on any atom is -0.493 e. The highest BCUT2D eigenvalue weighted by molar-refractivity contribution is 6.32. The number of ether oxygens (including phenoxy) is 2. The van der Waals surface area contributed by atoms with Gasteiger partial charge in [0.15, 0.2) is 11.5 Å². The number of amides is 1. The maximum atomic E-state index is 12.5. The molecule has 0 fully saturated rings. The van der Waals surface area contributed by atoms with Crippen LogP contribution in [0.2, 0.25) is 5.02 Å². The summed E-state index contributed by atoms with van der Waals surface area (Å²) in [4.78, 5) is 24.8. The van der Waals surface area contributed by atoms with Crippen LogP contribution in [0.15, 0.2) is 12.1 Å². The largest absolute Gasteiger partial charge is 0.493 e. The zero-order valence-corrected chi connectivity index (χ0v) is 16.1. The minimum absolute atomic E-state index is 0.0980. The smallest absolute Gasteiger partial charge is 0.308 e. The molecule has 0 aliphatic heterocycles. The molecule has 1 amide bonds. The van der Waals surface area contributed by atoms with Crippen LogP contribution in [-0.4, -0.2) is 49.2 Å². The van der Waals surface area contributed by atoms with E-state index < -0.39 is 11.9 Å². The Labute approximate surface area is 153 Å². The summed E-state index contributed by atoms with van der Waals surface area (Å²) in [6, 6.07) is 3.07. The molecule has 1 N–H and O–H groups in total. The fourth-order valence-corrected chi connectivity index (χ4v) is 2.44. The maximum absolute atomic E-state index is 12.5. The second kappa shape index (κ2) is 9.51. The second-order valence-electron chi connectivity index (χ2n) is 6.45. The number of carbonyl (C=O) groups is 2. The molecule has 0 heterocycles. The predicted molar refractivity (Wildman–Crippen MR) is 96.7 cm³/mol. The van der Waals surface area contributed by atoms with Gasteiger partial charge in [0.1, 0.15) is 0 Å². The number of halogens is 1. The number of aliphatic carboxylic acids is 1. The monoisotopic (exact) mass is 371 g/mol. The Morgan fingerprint density at radius 2 is 1.92 bits per heavy atom. The van der Waals surface area contributed by atoms with Crippen LogP contribution in [0.25, 0.3) is 0 Å². The van der Waals surface area contributed by atoms with Crippen LogP contribution in [0.5, 0.6) is 11.5 Å². The number of carboxylic acids is 1. The van der Waals surface area contributed by atoms with Crippen LogP contribution in [0.3, 0.4) is 0 Å². The van der Waals surface area contributed by atoms with Gasteiger partial charge in [0.2, 0.25) is 0 Å². The SMILES string of the molecule is COc1cc(C(=O)N(C)CC(C)C(=O)O)cc(Cl)c1OCCC(C)C. The van der Waals surface area contributed by atoms with Crippen LogP contribution in [-0.2, 0) is 4.79 Å². The number of hydrogen-bond acceptors (Lipinski definition) is 4. The zero-order valence-electron chi connectivity index (χ0n) is 15.3. The van der Waals surface area contributed by atoms with Gasteiger partial charge in [0, 0.05) is 19.2 Å². The lowest BCUT2D eigenvalue weighted by Crippen LogP contribution is -2.33. The predicted octanol–water partition coefficient (Wildman–Crippen LogP) is 3.57. The van der Waals surface area contributed by atoms with Crippen molar-refractivity contribution in [3.05, 3.63) is 22.7 Å². The summed E-state index contributed by atoms with van der Waals surface area (Å²) in [5.41, 5.74) is 0.318. The van der Waals surface area contributed by atoms with Gasteiger partial charge in [0.25, 0.3) is 5.91 Å². The van der Waals surface area contributed by atoms with Crippen molar-refractivity contribution in [3.63, 3.8) is 0 Å². The number of carboxylic acid groups (broad SMARTS) is 1. The molecule has 140 valence electrons. The van der Waals surface area contributed by atoms with Crippen molar-refractivity contribution >= 4 is 23.5 Å². The molecule has 0 saturated heterocycles. The fraction of sp³-hybridized carbons (Fsp3) is 0.556. The second-order valence-corrected chi connectivity index (χ2v) is 6.85. The van der Waals surface area contributed by atoms with Gasteiger partial charge in [-0.3, -0.25) is 9.59 Å². The molecule has 1 atom stereocenters. The first-order valence-corrected chi connectivity index (χ1v) is 8.53. The average Bonchev–Trinajstić information content (AvgIpc) is 2.54. The van der Waals surface area contributed by atoms with E-state index in [4.69, 9.17) is 26.2 Å². The number of carbonyl (C=O) groups excluding carboxylic acids is 1. The highest BCUT2D eigenvalue weighted by Crippen LogP contribution is 2.37. The van der Waals surface area contributed by atoms with Crippen molar-refractivity contribution in [1.29, 1.82) is 0 Å². The lowest BCUT2D eigenvalue weighted by Gasteiger charge is -2.21. The van der Waals surface area contributed by atoms with Crippen molar-refractivity contribution in [2.24, 2.45) is 11.8 Å². The molecular weight excluding hydrogens is 346 g/mol. The first kappa shape index (κ1) is 21.1. The molecule has 1 rings (SSSR count). The summed E-state index contributed by atoms with van der Waals surface area (Å²) in [7, 11) is 3.03. The number of hydrogen-bond donors (Lipinski definition) is 1. The Morgan fingerprint density at radius 1 is 1.28 bits per heavy atom. The van der Waals surface area contributed by atoms with E-state index in [0.717, 1.165) is 6.42 Å². The highest BCUT2D eigenvalue weighted by Gasteiger charge is 2.21. The molecule has 7 heteroatoms. The van der Waals surface area contributed by atoms with Crippen molar-refractivity contribution < 1.29 is 24.2 Å².